The van der Waals surface area contributed by atoms with Crippen LogP contribution in [0.3, 0.4) is 0 Å². The number of rotatable bonds is 6. The molecule has 2 aliphatic rings. The van der Waals surface area contributed by atoms with Crippen molar-refractivity contribution in [1.82, 2.24) is 10.2 Å². The van der Waals surface area contributed by atoms with Crippen LogP contribution in [0.15, 0.2) is 41.8 Å². The SMILES string of the molecule is COc1cccc([C@]2(C(=O)NCCc3cccs3)C[C@@H]3CCC(=O)N3C2)c1. The van der Waals surface area contributed by atoms with Crippen LogP contribution < -0.4 is 10.1 Å². The number of carbonyl (C=O) groups excluding carboxylic acids is 2. The van der Waals surface area contributed by atoms with Gasteiger partial charge >= 0.3 is 0 Å². The summed E-state index contributed by atoms with van der Waals surface area (Å²) in [6.45, 7) is 1.05. The van der Waals surface area contributed by atoms with Gasteiger partial charge in [-0.15, -0.1) is 11.3 Å². The molecule has 2 amide bonds. The van der Waals surface area contributed by atoms with Gasteiger partial charge in [0.2, 0.25) is 11.8 Å². The molecule has 0 bridgehead atoms. The van der Waals surface area contributed by atoms with Crippen molar-refractivity contribution in [2.24, 2.45) is 0 Å². The number of fused-ring (bicyclic) bond motifs is 1. The number of thiophene rings is 1. The Bertz CT molecular complexity index is 836. The van der Waals surface area contributed by atoms with Crippen molar-refractivity contribution in [2.45, 2.75) is 37.1 Å². The lowest BCUT2D eigenvalue weighted by Crippen LogP contribution is -2.47. The van der Waals surface area contributed by atoms with Gasteiger partial charge in [-0.2, -0.15) is 0 Å². The van der Waals surface area contributed by atoms with Crippen molar-refractivity contribution in [3.63, 3.8) is 0 Å². The Morgan fingerprint density at radius 1 is 1.37 bits per heavy atom. The fourth-order valence-electron chi connectivity index (χ4n) is 4.33. The number of nitrogens with zero attached hydrogens (tertiary/aromatic N) is 1. The summed E-state index contributed by atoms with van der Waals surface area (Å²) in [5.74, 6) is 0.905. The molecule has 2 fully saturated rings. The topological polar surface area (TPSA) is 58.6 Å². The quantitative estimate of drug-likeness (QED) is 0.833. The second-order valence-corrected chi connectivity index (χ2v) is 8.35. The summed E-state index contributed by atoms with van der Waals surface area (Å²) in [4.78, 5) is 28.8. The average Bonchev–Trinajstić information content (AvgIpc) is 3.40. The van der Waals surface area contributed by atoms with Crippen molar-refractivity contribution in [1.29, 1.82) is 0 Å². The molecule has 1 N–H and O–H groups in total. The Balaban J connectivity index is 1.58. The Kier molecular flexibility index (Phi) is 4.91. The minimum atomic E-state index is -0.704. The molecule has 0 aliphatic carbocycles. The zero-order chi connectivity index (χ0) is 18.9. The average molecular weight is 385 g/mol. The van der Waals surface area contributed by atoms with E-state index in [0.717, 1.165) is 24.2 Å². The van der Waals surface area contributed by atoms with E-state index in [-0.39, 0.29) is 17.9 Å². The first-order chi connectivity index (χ1) is 13.1. The highest BCUT2D eigenvalue weighted by atomic mass is 32.1. The molecule has 1 aromatic heterocycles. The molecule has 2 aromatic rings. The Morgan fingerprint density at radius 3 is 3.00 bits per heavy atom. The number of carbonyl (C=O) groups is 2. The maximum absolute atomic E-state index is 13.3. The standard InChI is InChI=1S/C21H24N2O3S/c1-26-17-5-2-4-15(12-17)21(13-16-7-8-19(24)23(16)14-21)20(25)22-10-9-18-6-3-11-27-18/h2-6,11-12,16H,7-10,13-14H2,1H3,(H,22,25)/t16-,21-/m0/s1. The first kappa shape index (κ1) is 18.0. The van der Waals surface area contributed by atoms with Gasteiger partial charge in [-0.05, 0) is 48.4 Å². The van der Waals surface area contributed by atoms with Gasteiger partial charge in [-0.25, -0.2) is 0 Å². The second-order valence-electron chi connectivity index (χ2n) is 7.32. The third kappa shape index (κ3) is 3.34. The van der Waals surface area contributed by atoms with Gasteiger partial charge in [0.15, 0.2) is 0 Å². The molecule has 3 heterocycles. The van der Waals surface area contributed by atoms with Crippen LogP contribution in [0.2, 0.25) is 0 Å². The molecule has 6 heteroatoms. The predicted molar refractivity (Wildman–Crippen MR) is 105 cm³/mol. The minimum absolute atomic E-state index is 0.00880. The van der Waals surface area contributed by atoms with E-state index in [1.165, 1.54) is 4.88 Å². The van der Waals surface area contributed by atoms with Crippen LogP contribution in [0.25, 0.3) is 0 Å². The largest absolute Gasteiger partial charge is 0.497 e. The minimum Gasteiger partial charge on any atom is -0.497 e. The molecule has 0 unspecified atom stereocenters. The van der Waals surface area contributed by atoms with E-state index in [1.54, 1.807) is 18.4 Å². The van der Waals surface area contributed by atoms with E-state index in [0.29, 0.717) is 25.9 Å². The van der Waals surface area contributed by atoms with Gasteiger partial charge in [-0.1, -0.05) is 18.2 Å². The highest BCUT2D eigenvalue weighted by Crippen LogP contribution is 2.43. The molecular weight excluding hydrogens is 360 g/mol. The first-order valence-electron chi connectivity index (χ1n) is 9.37. The number of hydrogen-bond donors (Lipinski definition) is 1. The van der Waals surface area contributed by atoms with Crippen molar-refractivity contribution in [2.75, 3.05) is 20.2 Å². The third-order valence-electron chi connectivity index (χ3n) is 5.77. The Labute approximate surface area is 163 Å². The van der Waals surface area contributed by atoms with Crippen LogP contribution in [0, 0.1) is 0 Å². The molecule has 142 valence electrons. The van der Waals surface area contributed by atoms with E-state index >= 15 is 0 Å². The lowest BCUT2D eigenvalue weighted by Gasteiger charge is -2.29. The predicted octanol–water partition coefficient (Wildman–Crippen LogP) is 2.75. The summed E-state index contributed by atoms with van der Waals surface area (Å²) >= 11 is 1.70. The van der Waals surface area contributed by atoms with E-state index in [9.17, 15) is 9.59 Å². The summed E-state index contributed by atoms with van der Waals surface area (Å²) in [5.41, 5.74) is 0.225. The molecule has 1 aromatic carbocycles. The third-order valence-corrected chi connectivity index (χ3v) is 6.71. The molecule has 0 saturated carbocycles. The molecule has 2 atom stereocenters. The van der Waals surface area contributed by atoms with Crippen molar-refractivity contribution in [3.05, 3.63) is 52.2 Å². The molecule has 2 saturated heterocycles. The Hall–Kier alpha value is -2.34. The van der Waals surface area contributed by atoms with Gasteiger partial charge in [0, 0.05) is 30.4 Å². The highest BCUT2D eigenvalue weighted by molar-refractivity contribution is 7.09. The number of benzene rings is 1. The summed E-state index contributed by atoms with van der Waals surface area (Å²) < 4.78 is 5.37. The van der Waals surface area contributed by atoms with Crippen LogP contribution >= 0.6 is 11.3 Å². The molecule has 4 rings (SSSR count). The molecule has 0 radical (unpaired) electrons. The molecule has 27 heavy (non-hydrogen) atoms. The normalized spacial score (nSPS) is 24.1. The maximum Gasteiger partial charge on any atom is 0.232 e. The van der Waals surface area contributed by atoms with Crippen molar-refractivity contribution in [3.8, 4) is 5.75 Å². The highest BCUT2D eigenvalue weighted by Gasteiger charge is 2.53. The zero-order valence-corrected chi connectivity index (χ0v) is 16.3. The van der Waals surface area contributed by atoms with Crippen molar-refractivity contribution < 1.29 is 14.3 Å². The van der Waals surface area contributed by atoms with E-state index in [2.05, 4.69) is 11.4 Å². The summed E-state index contributed by atoms with van der Waals surface area (Å²) in [7, 11) is 1.63. The number of amides is 2. The Morgan fingerprint density at radius 2 is 2.26 bits per heavy atom. The van der Waals surface area contributed by atoms with Gasteiger partial charge < -0.3 is 15.0 Å². The van der Waals surface area contributed by atoms with E-state index in [4.69, 9.17) is 4.74 Å². The summed E-state index contributed by atoms with van der Waals surface area (Å²) in [6.07, 6.45) is 2.94. The molecule has 0 spiro atoms. The fourth-order valence-corrected chi connectivity index (χ4v) is 5.04. The smallest absolute Gasteiger partial charge is 0.232 e. The van der Waals surface area contributed by atoms with Crippen molar-refractivity contribution >= 4 is 23.2 Å². The summed E-state index contributed by atoms with van der Waals surface area (Å²) in [6, 6.07) is 12.0. The van der Waals surface area contributed by atoms with Gasteiger partial charge in [0.1, 0.15) is 5.75 Å². The van der Waals surface area contributed by atoms with Gasteiger partial charge in [-0.3, -0.25) is 9.59 Å². The van der Waals surface area contributed by atoms with Crippen LogP contribution in [0.1, 0.15) is 29.7 Å². The van der Waals surface area contributed by atoms with Crippen LogP contribution in [-0.2, 0) is 21.4 Å². The van der Waals surface area contributed by atoms with Gasteiger partial charge in [0.05, 0.1) is 12.5 Å². The van der Waals surface area contributed by atoms with Crippen LogP contribution in [0.5, 0.6) is 5.75 Å². The van der Waals surface area contributed by atoms with Crippen LogP contribution in [0.4, 0.5) is 0 Å². The van der Waals surface area contributed by atoms with Crippen LogP contribution in [-0.4, -0.2) is 43.0 Å². The number of ether oxygens (including phenoxy) is 1. The molecule has 2 aliphatic heterocycles. The van der Waals surface area contributed by atoms with E-state index < -0.39 is 5.41 Å². The lowest BCUT2D eigenvalue weighted by atomic mass is 9.76. The number of hydrogen-bond acceptors (Lipinski definition) is 4. The lowest BCUT2D eigenvalue weighted by molar-refractivity contribution is -0.129. The van der Waals surface area contributed by atoms with Gasteiger partial charge in [0.25, 0.3) is 0 Å². The molecule has 5 nitrogen and oxygen atoms in total. The number of nitrogens with one attached hydrogen (secondary N) is 1. The fraction of sp³-hybridized carbons (Fsp3) is 0.429. The number of methoxy groups -OCH3 is 1. The first-order valence-corrected chi connectivity index (χ1v) is 10.2. The molecular formula is C21H24N2O3S. The summed E-state index contributed by atoms with van der Waals surface area (Å²) in [5, 5.41) is 5.18. The maximum atomic E-state index is 13.3. The van der Waals surface area contributed by atoms with E-state index in [1.807, 2.05) is 40.6 Å². The second kappa shape index (κ2) is 7.35. The zero-order valence-electron chi connectivity index (χ0n) is 15.4. The monoisotopic (exact) mass is 384 g/mol.